The van der Waals surface area contributed by atoms with Gasteiger partial charge in [0.1, 0.15) is 24.4 Å². The highest BCUT2D eigenvalue weighted by atomic mass is 19.4. The monoisotopic (exact) mass is 578 g/mol. The van der Waals surface area contributed by atoms with Crippen LogP contribution in [0.5, 0.6) is 0 Å². The Balaban J connectivity index is 1.85. The zero-order chi connectivity index (χ0) is 28.4. The highest BCUT2D eigenvalue weighted by Gasteiger charge is 2.88. The van der Waals surface area contributed by atoms with Gasteiger partial charge in [-0.3, -0.25) is 0 Å². The lowest BCUT2D eigenvalue weighted by Crippen LogP contribution is -2.73. The average Bonchev–Trinajstić information content (AvgIpc) is 3.65. The fourth-order valence-electron chi connectivity index (χ4n) is 3.96. The van der Waals surface area contributed by atoms with Crippen LogP contribution in [0.15, 0.2) is 23.8 Å². The van der Waals surface area contributed by atoms with Crippen molar-refractivity contribution in [3.63, 3.8) is 0 Å². The van der Waals surface area contributed by atoms with Gasteiger partial charge in [0.05, 0.1) is 13.2 Å². The minimum Gasteiger partial charge on any atom is -0.370 e. The second kappa shape index (κ2) is 7.45. The summed E-state index contributed by atoms with van der Waals surface area (Å²) in [5.41, 5.74) is -10.9. The van der Waals surface area contributed by atoms with E-state index in [4.69, 9.17) is 0 Å². The van der Waals surface area contributed by atoms with Gasteiger partial charge in [0, 0.05) is 0 Å². The quantitative estimate of drug-likeness (QED) is 0.309. The molecule has 2 saturated heterocycles. The van der Waals surface area contributed by atoms with E-state index in [9.17, 15) is 61.5 Å². The summed E-state index contributed by atoms with van der Waals surface area (Å²) in [4.78, 5) is 0. The molecule has 0 radical (unpaired) electrons. The molecule has 37 heavy (non-hydrogen) atoms. The molecule has 0 aromatic rings. The molecule has 19 heteroatoms. The molecule has 0 saturated carbocycles. The minimum atomic E-state index is -6.88. The van der Waals surface area contributed by atoms with Gasteiger partial charge in [-0.25, -0.2) is 17.6 Å². The number of ether oxygens (including phenoxy) is 3. The van der Waals surface area contributed by atoms with E-state index in [0.29, 0.717) is 0 Å². The molecule has 6 unspecified atom stereocenters. The van der Waals surface area contributed by atoms with Crippen molar-refractivity contribution in [1.29, 1.82) is 0 Å². The molecule has 0 aromatic heterocycles. The first-order chi connectivity index (χ1) is 16.4. The van der Waals surface area contributed by atoms with E-state index >= 15 is 8.78 Å². The predicted octanol–water partition coefficient (Wildman–Crippen LogP) is 5.50. The molecule has 2 aliphatic heterocycles. The molecule has 0 aromatic carbocycles. The van der Waals surface area contributed by atoms with Crippen LogP contribution in [-0.2, 0) is 14.2 Å². The summed E-state index contributed by atoms with van der Waals surface area (Å²) in [6, 6.07) is 0. The molecule has 0 spiro atoms. The van der Waals surface area contributed by atoms with E-state index in [1.54, 1.807) is 0 Å². The smallest absolute Gasteiger partial charge is 0.370 e. The summed E-state index contributed by atoms with van der Waals surface area (Å²) in [5.74, 6) is -46.7. The van der Waals surface area contributed by atoms with Crippen LogP contribution in [0.1, 0.15) is 0 Å². The number of epoxide rings is 2. The lowest BCUT2D eigenvalue weighted by Gasteiger charge is -2.48. The Labute approximate surface area is 194 Å². The summed E-state index contributed by atoms with van der Waals surface area (Å²) >= 11 is 0. The van der Waals surface area contributed by atoms with Crippen molar-refractivity contribution < 1.29 is 84.5 Å². The van der Waals surface area contributed by atoms with E-state index in [1.807, 2.05) is 0 Å². The molecule has 212 valence electrons. The Kier molecular flexibility index (Phi) is 5.69. The van der Waals surface area contributed by atoms with Crippen molar-refractivity contribution in [3.8, 4) is 0 Å². The van der Waals surface area contributed by atoms with Crippen LogP contribution in [-0.4, -0.2) is 84.5 Å². The maximum atomic E-state index is 15.5. The van der Waals surface area contributed by atoms with Crippen LogP contribution < -0.4 is 0 Å². The fourth-order valence-corrected chi connectivity index (χ4v) is 3.96. The summed E-state index contributed by atoms with van der Waals surface area (Å²) in [6.45, 7) is -2.01. The molecular formula is C18H10F16O3. The first-order valence-corrected chi connectivity index (χ1v) is 9.76. The van der Waals surface area contributed by atoms with Crippen molar-refractivity contribution in [2.24, 2.45) is 0 Å². The summed E-state index contributed by atoms with van der Waals surface area (Å²) in [5, 5.41) is 0. The van der Waals surface area contributed by atoms with Crippen LogP contribution in [0, 0.1) is 0 Å². The van der Waals surface area contributed by atoms with Crippen molar-refractivity contribution in [1.82, 2.24) is 0 Å². The van der Waals surface area contributed by atoms with Crippen molar-refractivity contribution in [2.45, 2.75) is 71.3 Å². The van der Waals surface area contributed by atoms with E-state index in [0.717, 1.165) is 0 Å². The van der Waals surface area contributed by atoms with Gasteiger partial charge in [-0.15, -0.1) is 0 Å². The minimum absolute atomic E-state index is 1.00. The molecule has 2 fully saturated rings. The lowest BCUT2D eigenvalue weighted by molar-refractivity contribution is -0.367. The third kappa shape index (κ3) is 3.28. The zero-order valence-corrected chi connectivity index (χ0v) is 17.2. The van der Waals surface area contributed by atoms with Crippen molar-refractivity contribution in [2.75, 3.05) is 13.2 Å². The number of allylic oxidation sites excluding steroid dienone is 2. The Bertz CT molecular complexity index is 952. The molecule has 3 nitrogen and oxygen atoms in total. The first kappa shape index (κ1) is 28.3. The second-order valence-corrected chi connectivity index (χ2v) is 8.69. The Morgan fingerprint density at radius 1 is 0.568 bits per heavy atom. The van der Waals surface area contributed by atoms with E-state index in [-0.39, 0.29) is 0 Å². The molecule has 6 atom stereocenters. The Hall–Kier alpha value is -1.76. The average molecular weight is 578 g/mol. The lowest BCUT2D eigenvalue weighted by atomic mass is 9.76. The summed E-state index contributed by atoms with van der Waals surface area (Å²) in [7, 11) is 0. The van der Waals surface area contributed by atoms with Crippen molar-refractivity contribution in [3.05, 3.63) is 23.8 Å². The molecular weight excluding hydrogens is 568 g/mol. The van der Waals surface area contributed by atoms with Gasteiger partial charge in [-0.05, 0) is 12.2 Å². The standard InChI is InChI=1S/C18H10F16O3/c19-7-1-11(21,15(27,28)17(31,32)13(7,23)24)9(5-3-35-5)37-10(6-4-36-6)12(22)2-8(20)14(25,26)18(33,34)16(12,29)30/h1-2,5-6,9-10H,3-4H2. The molecule has 0 N–H and O–H groups in total. The van der Waals surface area contributed by atoms with Gasteiger partial charge in [-0.1, -0.05) is 0 Å². The Morgan fingerprint density at radius 3 is 1.08 bits per heavy atom. The molecule has 0 bridgehead atoms. The third-order valence-corrected chi connectivity index (χ3v) is 6.33. The SMILES string of the molecule is FC1=CC(F)(C(OC(C2CO2)C2(F)C=C(F)C(F)(F)C(F)(F)C2(F)F)C2CO2)C(F)(F)C(F)(F)C1(F)F. The molecule has 4 rings (SSSR count). The normalized spacial score (nSPS) is 41.7. The van der Waals surface area contributed by atoms with Crippen LogP contribution in [0.4, 0.5) is 70.2 Å². The fraction of sp³-hybridized carbons (Fsp3) is 0.778. The van der Waals surface area contributed by atoms with E-state index < -0.39 is 108 Å². The first-order valence-electron chi connectivity index (χ1n) is 9.76. The third-order valence-electron chi connectivity index (χ3n) is 6.33. The predicted molar refractivity (Wildman–Crippen MR) is 83.9 cm³/mol. The van der Waals surface area contributed by atoms with Gasteiger partial charge in [0.15, 0.2) is 11.7 Å². The maximum Gasteiger partial charge on any atom is 0.382 e. The number of alkyl halides is 14. The number of hydrogen-bond acceptors (Lipinski definition) is 3. The van der Waals surface area contributed by atoms with Gasteiger partial charge >= 0.3 is 35.5 Å². The van der Waals surface area contributed by atoms with Crippen LogP contribution in [0.3, 0.4) is 0 Å². The largest absolute Gasteiger partial charge is 0.382 e. The second-order valence-electron chi connectivity index (χ2n) is 8.69. The van der Waals surface area contributed by atoms with E-state index in [2.05, 4.69) is 14.2 Å². The number of rotatable bonds is 6. The maximum absolute atomic E-state index is 15.5. The Morgan fingerprint density at radius 2 is 0.838 bits per heavy atom. The molecule has 0 amide bonds. The van der Waals surface area contributed by atoms with Gasteiger partial charge in [0.25, 0.3) is 0 Å². The van der Waals surface area contributed by atoms with Gasteiger partial charge < -0.3 is 14.2 Å². The highest BCUT2D eigenvalue weighted by Crippen LogP contribution is 2.63. The highest BCUT2D eigenvalue weighted by molar-refractivity contribution is 5.35. The number of halogens is 16. The molecule has 4 aliphatic rings. The topological polar surface area (TPSA) is 34.3 Å². The summed E-state index contributed by atoms with van der Waals surface area (Å²) < 4.78 is 239. The molecule has 2 heterocycles. The molecule has 2 aliphatic carbocycles. The van der Waals surface area contributed by atoms with Crippen molar-refractivity contribution >= 4 is 0 Å². The van der Waals surface area contributed by atoms with Gasteiger partial charge in [0.2, 0.25) is 11.3 Å². The van der Waals surface area contributed by atoms with Gasteiger partial charge in [-0.2, -0.15) is 52.7 Å². The zero-order valence-electron chi connectivity index (χ0n) is 17.2. The van der Waals surface area contributed by atoms with E-state index in [1.165, 1.54) is 0 Å². The van der Waals surface area contributed by atoms with Crippen LogP contribution >= 0.6 is 0 Å². The van der Waals surface area contributed by atoms with Crippen LogP contribution in [0.2, 0.25) is 0 Å². The summed E-state index contributed by atoms with van der Waals surface area (Å²) in [6.07, 6.45) is -14.7. The number of hydrogen-bond donors (Lipinski definition) is 0. The van der Waals surface area contributed by atoms with Crippen LogP contribution in [0.25, 0.3) is 0 Å².